The minimum Gasteiger partial charge on any atom is -0.461 e. The van der Waals surface area contributed by atoms with E-state index in [4.69, 9.17) is 5.26 Å². The topological polar surface area (TPSA) is 106 Å². The Hall–Kier alpha value is -2.63. The van der Waals surface area contributed by atoms with Crippen molar-refractivity contribution < 1.29 is 23.2 Å². The quantitative estimate of drug-likeness (QED) is 0.470. The summed E-state index contributed by atoms with van der Waals surface area (Å²) in [4.78, 5) is 24.5. The lowest BCUT2D eigenvalue weighted by atomic mass is 10.1. The first-order chi connectivity index (χ1) is 8.92. The molecular weight excluding hydrogens is 264 g/mol. The van der Waals surface area contributed by atoms with Gasteiger partial charge in [0.2, 0.25) is 5.69 Å². The predicted octanol–water partition coefficient (Wildman–Crippen LogP) is 1.98. The number of nitriles is 1. The number of nitrogens with zero attached hydrogens (tertiary/aromatic N) is 3. The van der Waals surface area contributed by atoms with E-state index in [0.717, 1.165) is 0 Å². The van der Waals surface area contributed by atoms with Crippen LogP contribution in [0.3, 0.4) is 0 Å². The number of carbonyl (C=O) groups excluding carboxylic acids is 1. The summed E-state index contributed by atoms with van der Waals surface area (Å²) in [5.74, 6) is -1.23. The van der Waals surface area contributed by atoms with E-state index in [1.807, 2.05) is 0 Å². The monoisotopic (exact) mass is 271 g/mol. The molecule has 0 bridgehead atoms. The van der Waals surface area contributed by atoms with Crippen LogP contribution in [0.4, 0.5) is 14.5 Å². The minimum atomic E-state index is -3.22. The average molecular weight is 271 g/mol. The fraction of sp³-hybridized carbons (Fsp3) is 0.300. The smallest absolute Gasteiger partial charge is 0.364 e. The van der Waals surface area contributed by atoms with E-state index in [-0.39, 0.29) is 6.61 Å². The number of halogens is 2. The molecule has 0 N–H and O–H groups in total. The van der Waals surface area contributed by atoms with Crippen LogP contribution < -0.4 is 0 Å². The van der Waals surface area contributed by atoms with Gasteiger partial charge in [0, 0.05) is 0 Å². The van der Waals surface area contributed by atoms with Crippen molar-refractivity contribution in [2.45, 2.75) is 13.3 Å². The van der Waals surface area contributed by atoms with Crippen LogP contribution in [0.5, 0.6) is 0 Å². The Balaban J connectivity index is 3.58. The van der Waals surface area contributed by atoms with E-state index < -0.39 is 40.0 Å². The third kappa shape index (κ3) is 2.98. The molecule has 1 rings (SSSR count). The number of esters is 1. The molecule has 0 aliphatic heterocycles. The first kappa shape index (κ1) is 14.4. The molecule has 0 fully saturated rings. The third-order valence-electron chi connectivity index (χ3n) is 2.02. The lowest BCUT2D eigenvalue weighted by molar-refractivity contribution is -0.386. The second-order valence-electron chi connectivity index (χ2n) is 3.18. The Morgan fingerprint density at radius 3 is 2.74 bits per heavy atom. The molecule has 1 aromatic heterocycles. The molecule has 0 aromatic carbocycles. The fourth-order valence-corrected chi connectivity index (χ4v) is 1.32. The lowest BCUT2D eigenvalue weighted by Crippen LogP contribution is -2.13. The molecule has 100 valence electrons. The number of carbonyl (C=O) groups is 1. The molecule has 0 amide bonds. The fourth-order valence-electron chi connectivity index (χ4n) is 1.32. The normalized spacial score (nSPS) is 10.1. The Bertz CT molecular complexity index is 569. The van der Waals surface area contributed by atoms with Crippen molar-refractivity contribution in [1.82, 2.24) is 4.98 Å². The highest BCUT2D eigenvalue weighted by atomic mass is 19.3. The minimum absolute atomic E-state index is 0.113. The summed E-state index contributed by atoms with van der Waals surface area (Å²) in [5, 5.41) is 19.4. The van der Waals surface area contributed by atoms with Crippen LogP contribution >= 0.6 is 0 Å². The summed E-state index contributed by atoms with van der Waals surface area (Å²) in [6, 6.07) is 2.03. The number of hydrogen-bond donors (Lipinski definition) is 0. The maximum atomic E-state index is 12.7. The van der Waals surface area contributed by atoms with Crippen molar-refractivity contribution in [1.29, 1.82) is 5.26 Å². The van der Waals surface area contributed by atoms with Crippen LogP contribution in [0.15, 0.2) is 6.07 Å². The zero-order chi connectivity index (χ0) is 14.6. The van der Waals surface area contributed by atoms with Gasteiger partial charge in [-0.1, -0.05) is 0 Å². The van der Waals surface area contributed by atoms with Gasteiger partial charge in [0.15, 0.2) is 0 Å². The van der Waals surface area contributed by atoms with Crippen LogP contribution in [0.2, 0.25) is 0 Å². The zero-order valence-corrected chi connectivity index (χ0v) is 9.59. The number of ether oxygens (including phenoxy) is 1. The van der Waals surface area contributed by atoms with Crippen molar-refractivity contribution in [3.63, 3.8) is 0 Å². The second-order valence-corrected chi connectivity index (χ2v) is 3.18. The van der Waals surface area contributed by atoms with E-state index in [0.29, 0.717) is 6.07 Å². The number of hydrogen-bond acceptors (Lipinski definition) is 6. The molecular formula is C10H7F2N3O4. The van der Waals surface area contributed by atoms with Gasteiger partial charge in [-0.25, -0.2) is 18.6 Å². The number of alkyl halides is 2. The molecule has 0 aliphatic rings. The van der Waals surface area contributed by atoms with Gasteiger partial charge in [-0.05, 0) is 13.0 Å². The molecule has 1 heterocycles. The number of rotatable bonds is 4. The van der Waals surface area contributed by atoms with E-state index in [1.54, 1.807) is 0 Å². The second kappa shape index (κ2) is 5.81. The number of aromatic nitrogens is 1. The standard InChI is InChI=1S/C10H7F2N3O4/c1-2-19-10(16)7-8(15(17)18)6(9(11)12)3-5(4-13)14-7/h3,9H,2H2,1H3. The first-order valence-corrected chi connectivity index (χ1v) is 4.97. The highest BCUT2D eigenvalue weighted by Crippen LogP contribution is 2.32. The Labute approximate surface area is 105 Å². The SMILES string of the molecule is CCOC(=O)c1nc(C#N)cc(C(F)F)c1[N+](=O)[O-]. The molecule has 0 aliphatic carbocycles. The van der Waals surface area contributed by atoms with Crippen molar-refractivity contribution in [3.05, 3.63) is 33.1 Å². The molecule has 0 saturated heterocycles. The number of pyridine rings is 1. The Morgan fingerprint density at radius 2 is 2.32 bits per heavy atom. The van der Waals surface area contributed by atoms with Gasteiger partial charge in [-0.15, -0.1) is 0 Å². The summed E-state index contributed by atoms with van der Waals surface area (Å²) in [7, 11) is 0. The summed E-state index contributed by atoms with van der Waals surface area (Å²) in [5.41, 5.74) is -3.61. The van der Waals surface area contributed by atoms with E-state index in [2.05, 4.69) is 9.72 Å². The van der Waals surface area contributed by atoms with Crippen LogP contribution in [0, 0.1) is 21.4 Å². The molecule has 0 saturated carbocycles. The average Bonchev–Trinajstić information content (AvgIpc) is 2.37. The lowest BCUT2D eigenvalue weighted by Gasteiger charge is -2.06. The van der Waals surface area contributed by atoms with Gasteiger partial charge >= 0.3 is 11.7 Å². The summed E-state index contributed by atoms with van der Waals surface area (Å²) >= 11 is 0. The first-order valence-electron chi connectivity index (χ1n) is 4.97. The van der Waals surface area contributed by atoms with Crippen molar-refractivity contribution in [2.75, 3.05) is 6.61 Å². The molecule has 0 radical (unpaired) electrons. The van der Waals surface area contributed by atoms with Gasteiger partial charge in [-0.2, -0.15) is 5.26 Å². The van der Waals surface area contributed by atoms with Gasteiger partial charge < -0.3 is 4.74 Å². The van der Waals surface area contributed by atoms with E-state index in [9.17, 15) is 23.7 Å². The Kier molecular flexibility index (Phi) is 4.41. The largest absolute Gasteiger partial charge is 0.461 e. The molecule has 19 heavy (non-hydrogen) atoms. The number of nitro groups is 1. The molecule has 1 aromatic rings. The van der Waals surface area contributed by atoms with Crippen molar-refractivity contribution in [3.8, 4) is 6.07 Å². The van der Waals surface area contributed by atoms with Crippen LogP contribution in [-0.2, 0) is 4.74 Å². The van der Waals surface area contributed by atoms with E-state index >= 15 is 0 Å². The van der Waals surface area contributed by atoms with Gasteiger partial charge in [-0.3, -0.25) is 10.1 Å². The summed E-state index contributed by atoms with van der Waals surface area (Å²) in [6.45, 7) is 1.32. The molecule has 9 heteroatoms. The van der Waals surface area contributed by atoms with Gasteiger partial charge in [0.25, 0.3) is 6.43 Å². The summed E-state index contributed by atoms with van der Waals surface area (Å²) < 4.78 is 30.0. The molecule has 0 unspecified atom stereocenters. The van der Waals surface area contributed by atoms with Crippen LogP contribution in [-0.4, -0.2) is 22.5 Å². The van der Waals surface area contributed by atoms with Gasteiger partial charge in [0.05, 0.1) is 11.5 Å². The maximum absolute atomic E-state index is 12.7. The Morgan fingerprint density at radius 1 is 1.68 bits per heavy atom. The van der Waals surface area contributed by atoms with Crippen molar-refractivity contribution in [2.24, 2.45) is 0 Å². The van der Waals surface area contributed by atoms with Crippen LogP contribution in [0.1, 0.15) is 35.1 Å². The molecule has 7 nitrogen and oxygen atoms in total. The highest BCUT2D eigenvalue weighted by Gasteiger charge is 2.32. The van der Waals surface area contributed by atoms with Gasteiger partial charge in [0.1, 0.15) is 17.3 Å². The van der Waals surface area contributed by atoms with E-state index in [1.165, 1.54) is 13.0 Å². The molecule has 0 spiro atoms. The maximum Gasteiger partial charge on any atom is 0.364 e. The predicted molar refractivity (Wildman–Crippen MR) is 56.5 cm³/mol. The zero-order valence-electron chi connectivity index (χ0n) is 9.59. The van der Waals surface area contributed by atoms with Crippen molar-refractivity contribution >= 4 is 11.7 Å². The molecule has 0 atom stereocenters. The highest BCUT2D eigenvalue weighted by molar-refractivity contribution is 5.92. The van der Waals surface area contributed by atoms with Crippen LogP contribution in [0.25, 0.3) is 0 Å². The summed E-state index contributed by atoms with van der Waals surface area (Å²) in [6.07, 6.45) is -3.22. The third-order valence-corrected chi connectivity index (χ3v) is 2.02.